The van der Waals surface area contributed by atoms with Gasteiger partial charge in [-0.25, -0.2) is 0 Å². The van der Waals surface area contributed by atoms with Crippen LogP contribution in [0.2, 0.25) is 0 Å². The number of aliphatic hydroxyl groups is 4. The summed E-state index contributed by atoms with van der Waals surface area (Å²) in [6.45, 7) is 17.0. The SMILES string of the molecule is CCC1OC(=O)[C@@H](C)C(OC2CC(C)(OC)C(O)C(C)O2)[C@@H](C)[C@H](OC2OC(C)CC(NC)C2O)[C@@](C)(OC)C[C@H](C)C(=O)[C@@H](C)[C@H](O)[C@@]1(C)O. The van der Waals surface area contributed by atoms with Gasteiger partial charge in [-0.3, -0.25) is 9.59 Å². The molecule has 3 saturated heterocycles. The normalized spacial score (nSPS) is 49.6. The molecule has 0 amide bonds. The summed E-state index contributed by atoms with van der Waals surface area (Å²) < 4.78 is 43.7. The fourth-order valence-electron chi connectivity index (χ4n) is 8.38. The van der Waals surface area contributed by atoms with E-state index in [0.717, 1.165) is 0 Å². The number of carbonyl (C=O) groups excluding carboxylic acids is 2. The summed E-state index contributed by atoms with van der Waals surface area (Å²) >= 11 is 0. The van der Waals surface area contributed by atoms with E-state index in [0.29, 0.717) is 6.42 Å². The molecule has 51 heavy (non-hydrogen) atoms. The number of hydrogen-bond acceptors (Lipinski definition) is 14. The lowest BCUT2D eigenvalue weighted by Crippen LogP contribution is -2.61. The molecule has 298 valence electrons. The third kappa shape index (κ3) is 9.33. The van der Waals surface area contributed by atoms with Gasteiger partial charge in [0.15, 0.2) is 12.6 Å². The Kier molecular flexibility index (Phi) is 15.1. The van der Waals surface area contributed by atoms with Gasteiger partial charge in [-0.1, -0.05) is 27.7 Å². The first-order valence-corrected chi connectivity index (χ1v) is 18.5. The minimum Gasteiger partial charge on any atom is -0.459 e. The van der Waals surface area contributed by atoms with Crippen LogP contribution in [-0.2, 0) is 42.7 Å². The van der Waals surface area contributed by atoms with E-state index in [2.05, 4.69) is 5.32 Å². The van der Waals surface area contributed by atoms with Gasteiger partial charge >= 0.3 is 5.97 Å². The van der Waals surface area contributed by atoms with Crippen LogP contribution in [0.3, 0.4) is 0 Å². The van der Waals surface area contributed by atoms with Gasteiger partial charge < -0.3 is 58.9 Å². The van der Waals surface area contributed by atoms with E-state index in [1.54, 1.807) is 55.5 Å². The summed E-state index contributed by atoms with van der Waals surface area (Å²) in [4.78, 5) is 28.1. The van der Waals surface area contributed by atoms with Crippen molar-refractivity contribution in [1.29, 1.82) is 0 Å². The van der Waals surface area contributed by atoms with Crippen LogP contribution in [0.4, 0.5) is 0 Å². The summed E-state index contributed by atoms with van der Waals surface area (Å²) in [5.41, 5.74) is -4.24. The highest BCUT2D eigenvalue weighted by molar-refractivity contribution is 5.83. The minimum atomic E-state index is -1.96. The maximum absolute atomic E-state index is 14.1. The van der Waals surface area contributed by atoms with E-state index in [9.17, 15) is 30.0 Å². The molecular formula is C37H67NO13. The number of Topliss-reactive ketones (excluding diaryl/α,β-unsaturated/α-hetero) is 1. The monoisotopic (exact) mass is 733 g/mol. The third-order valence-corrected chi connectivity index (χ3v) is 12.0. The molecule has 0 aromatic carbocycles. The Labute approximate surface area is 304 Å². The van der Waals surface area contributed by atoms with Crippen LogP contribution in [-0.4, -0.2) is 138 Å². The lowest BCUT2D eigenvalue weighted by Gasteiger charge is -2.49. The summed E-state index contributed by atoms with van der Waals surface area (Å²) in [5.74, 6) is -4.47. The molecule has 3 fully saturated rings. The lowest BCUT2D eigenvalue weighted by atomic mass is 9.74. The van der Waals surface area contributed by atoms with Gasteiger partial charge in [0.25, 0.3) is 0 Å². The van der Waals surface area contributed by atoms with Crippen molar-refractivity contribution in [2.24, 2.45) is 23.7 Å². The molecule has 3 heterocycles. The summed E-state index contributed by atoms with van der Waals surface area (Å²) in [6.07, 6.45) is -8.78. The summed E-state index contributed by atoms with van der Waals surface area (Å²) in [6, 6.07) is -0.334. The Morgan fingerprint density at radius 2 is 1.47 bits per heavy atom. The number of hydrogen-bond donors (Lipinski definition) is 5. The fraction of sp³-hybridized carbons (Fsp3) is 0.946. The Bertz CT molecular complexity index is 1160. The molecule has 18 atom stereocenters. The van der Waals surface area contributed by atoms with Crippen molar-refractivity contribution in [2.45, 2.75) is 179 Å². The van der Waals surface area contributed by atoms with Crippen molar-refractivity contribution >= 4 is 11.8 Å². The molecule has 14 nitrogen and oxygen atoms in total. The first-order chi connectivity index (χ1) is 23.6. The van der Waals surface area contributed by atoms with Crippen molar-refractivity contribution in [3.05, 3.63) is 0 Å². The van der Waals surface area contributed by atoms with Crippen LogP contribution < -0.4 is 5.32 Å². The molecule has 14 heteroatoms. The summed E-state index contributed by atoms with van der Waals surface area (Å²) in [7, 11) is 4.75. The zero-order valence-electron chi connectivity index (χ0n) is 33.0. The quantitative estimate of drug-likeness (QED) is 0.228. The standard InChI is InChI=1S/C37H67NO13/c1-14-25-37(10,44)30(41)20(4)27(39)18(2)16-36(9,46-13)32(51-34-28(40)24(38-11)15-19(3)47-34)21(5)29(22(6)33(43)49-25)50-26-17-35(8,45-12)31(42)23(7)48-26/h18-26,28-32,34,38,40-42,44H,14-17H2,1-13H3/t18-,19?,20+,21+,22-,23?,24?,25?,26?,28?,29?,30-,31?,32-,34?,35?,36-,37-/m0/s1. The molecule has 5 N–H and O–H groups in total. The zero-order valence-corrected chi connectivity index (χ0v) is 33.0. The maximum atomic E-state index is 14.1. The van der Waals surface area contributed by atoms with E-state index in [1.807, 2.05) is 13.8 Å². The number of carbonyl (C=O) groups is 2. The molecule has 10 unspecified atom stereocenters. The van der Waals surface area contributed by atoms with Crippen molar-refractivity contribution < 1.29 is 63.2 Å². The smallest absolute Gasteiger partial charge is 0.311 e. The van der Waals surface area contributed by atoms with Crippen LogP contribution in [0.25, 0.3) is 0 Å². The van der Waals surface area contributed by atoms with Gasteiger partial charge in [0.05, 0.1) is 47.6 Å². The van der Waals surface area contributed by atoms with Crippen LogP contribution in [0.5, 0.6) is 0 Å². The number of ketones is 1. The van der Waals surface area contributed by atoms with E-state index < -0.39 is 102 Å². The number of esters is 1. The minimum absolute atomic E-state index is 0.109. The first-order valence-electron chi connectivity index (χ1n) is 18.5. The molecule has 3 aliphatic rings. The van der Waals surface area contributed by atoms with Crippen LogP contribution in [0.1, 0.15) is 94.9 Å². The van der Waals surface area contributed by atoms with Gasteiger partial charge in [-0.2, -0.15) is 0 Å². The topological polar surface area (TPSA) is 192 Å². The second-order valence-electron chi connectivity index (χ2n) is 16.0. The molecule has 0 saturated carbocycles. The molecule has 0 aliphatic carbocycles. The summed E-state index contributed by atoms with van der Waals surface area (Å²) in [5, 5.41) is 48.4. The predicted molar refractivity (Wildman–Crippen MR) is 186 cm³/mol. The molecule has 0 radical (unpaired) electrons. The lowest BCUT2D eigenvalue weighted by molar-refractivity contribution is -0.317. The second kappa shape index (κ2) is 17.4. The zero-order chi connectivity index (χ0) is 38.8. The number of methoxy groups -OCH3 is 2. The van der Waals surface area contributed by atoms with Crippen molar-refractivity contribution in [3.63, 3.8) is 0 Å². The Balaban J connectivity index is 2.21. The van der Waals surface area contributed by atoms with E-state index >= 15 is 0 Å². The Hall–Kier alpha value is -1.30. The number of nitrogens with one attached hydrogen (secondary N) is 1. The Morgan fingerprint density at radius 3 is 2.02 bits per heavy atom. The first kappa shape index (κ1) is 44.1. The molecular weight excluding hydrogens is 666 g/mol. The number of rotatable bonds is 8. The van der Waals surface area contributed by atoms with Crippen molar-refractivity contribution in [2.75, 3.05) is 21.3 Å². The van der Waals surface area contributed by atoms with E-state index in [4.69, 9.17) is 33.2 Å². The Morgan fingerprint density at radius 1 is 0.863 bits per heavy atom. The van der Waals surface area contributed by atoms with Crippen LogP contribution >= 0.6 is 0 Å². The van der Waals surface area contributed by atoms with Gasteiger partial charge in [0, 0.05) is 44.4 Å². The van der Waals surface area contributed by atoms with Gasteiger partial charge in [-0.05, 0) is 67.9 Å². The highest BCUT2D eigenvalue weighted by Gasteiger charge is 2.54. The van der Waals surface area contributed by atoms with Crippen LogP contribution in [0.15, 0.2) is 0 Å². The van der Waals surface area contributed by atoms with Gasteiger partial charge in [0.2, 0.25) is 0 Å². The molecule has 0 spiro atoms. The van der Waals surface area contributed by atoms with Gasteiger partial charge in [0.1, 0.15) is 29.7 Å². The number of ether oxygens (including phenoxy) is 7. The van der Waals surface area contributed by atoms with Crippen molar-refractivity contribution in [1.82, 2.24) is 5.32 Å². The highest BCUT2D eigenvalue weighted by atomic mass is 16.7. The molecule has 3 aliphatic heterocycles. The van der Waals surface area contributed by atoms with Gasteiger partial charge in [-0.15, -0.1) is 0 Å². The number of aliphatic hydroxyl groups excluding tert-OH is 3. The predicted octanol–water partition coefficient (Wildman–Crippen LogP) is 2.10. The van der Waals surface area contributed by atoms with Crippen molar-refractivity contribution in [3.8, 4) is 0 Å². The molecule has 0 aromatic rings. The molecule has 0 aromatic heterocycles. The number of likely N-dealkylation sites (N-methyl/N-ethyl adjacent to an activating group) is 1. The largest absolute Gasteiger partial charge is 0.459 e. The van der Waals surface area contributed by atoms with Crippen LogP contribution in [0, 0.1) is 23.7 Å². The number of cyclic esters (lactones) is 1. The molecule has 3 rings (SSSR count). The third-order valence-electron chi connectivity index (χ3n) is 12.0. The average molecular weight is 734 g/mol. The average Bonchev–Trinajstić information content (AvgIpc) is 3.09. The second-order valence-corrected chi connectivity index (χ2v) is 16.0. The van der Waals surface area contributed by atoms with E-state index in [-0.39, 0.29) is 37.2 Å². The highest BCUT2D eigenvalue weighted by Crippen LogP contribution is 2.41. The fourth-order valence-corrected chi connectivity index (χ4v) is 8.38. The molecule has 0 bridgehead atoms. The maximum Gasteiger partial charge on any atom is 0.311 e. The van der Waals surface area contributed by atoms with E-state index in [1.165, 1.54) is 21.1 Å².